The summed E-state index contributed by atoms with van der Waals surface area (Å²) in [7, 11) is 0. The first-order valence-corrected chi connectivity index (χ1v) is 27.8. The third-order valence-electron chi connectivity index (χ3n) is 12.1. The maximum atomic E-state index is 12.6. The summed E-state index contributed by atoms with van der Waals surface area (Å²) in [6.45, 7) is 12.8. The summed E-state index contributed by atoms with van der Waals surface area (Å²) in [5, 5.41) is 8.14. The molecule has 0 bridgehead atoms. The van der Waals surface area contributed by atoms with Crippen LogP contribution in [0.25, 0.3) is 0 Å². The van der Waals surface area contributed by atoms with Crippen molar-refractivity contribution in [3.05, 3.63) is 99.3 Å². The van der Waals surface area contributed by atoms with Crippen molar-refractivity contribution in [1.82, 2.24) is 4.90 Å². The number of nitrogens with two attached hydrogens (primary N) is 2. The quantitative estimate of drug-likeness (QED) is 0.0696. The van der Waals surface area contributed by atoms with Crippen LogP contribution in [-0.2, 0) is 23.8 Å². The predicted octanol–water partition coefficient (Wildman–Crippen LogP) is 14.4. The van der Waals surface area contributed by atoms with Crippen LogP contribution in [0, 0.1) is 23.4 Å². The molecule has 6 unspecified atom stereocenters. The lowest BCUT2D eigenvalue weighted by Crippen LogP contribution is -2.38. The van der Waals surface area contributed by atoms with Crippen molar-refractivity contribution in [2.45, 2.75) is 186 Å². The van der Waals surface area contributed by atoms with Crippen molar-refractivity contribution < 1.29 is 59.7 Å². The van der Waals surface area contributed by atoms with Crippen LogP contribution in [0.1, 0.15) is 159 Å². The molecule has 11 nitrogen and oxygen atoms in total. The number of alkyl halides is 6. The van der Waals surface area contributed by atoms with Gasteiger partial charge in [0.05, 0.1) is 30.0 Å². The highest BCUT2D eigenvalue weighted by Gasteiger charge is 2.43. The maximum Gasteiger partial charge on any atom is 0.413 e. The number of nitrogens with zero attached hydrogens (tertiary/aromatic N) is 2. The van der Waals surface area contributed by atoms with Gasteiger partial charge in [-0.2, -0.15) is 31.6 Å². The van der Waals surface area contributed by atoms with E-state index < -0.39 is 47.0 Å². The van der Waals surface area contributed by atoms with E-state index in [-0.39, 0.29) is 42.0 Å². The number of benzene rings is 1. The van der Waals surface area contributed by atoms with Crippen LogP contribution < -0.4 is 11.5 Å². The highest BCUT2D eigenvalue weighted by molar-refractivity contribution is 14.1. The van der Waals surface area contributed by atoms with E-state index in [9.17, 15) is 45.5 Å². The second-order valence-corrected chi connectivity index (χ2v) is 24.2. The number of nitriles is 1. The molecule has 2 amide bonds. The second-order valence-electron chi connectivity index (χ2n) is 20.4. The smallest absolute Gasteiger partial charge is 0.413 e. The molecule has 0 aromatic heterocycles. The Balaban J connectivity index is 0.000000240. The largest absolute Gasteiger partial charge is 0.460 e. The van der Waals surface area contributed by atoms with Gasteiger partial charge in [-0.25, -0.2) is 0 Å². The van der Waals surface area contributed by atoms with E-state index in [1.165, 1.54) is 36.2 Å². The Bertz CT molecular complexity index is 2320. The third kappa shape index (κ3) is 21.6. The Kier molecular flexibility index (Phi) is 25.9. The van der Waals surface area contributed by atoms with E-state index in [0.29, 0.717) is 55.2 Å². The first kappa shape index (κ1) is 65.0. The normalized spacial score (nSPS) is 23.9. The summed E-state index contributed by atoms with van der Waals surface area (Å²) in [4.78, 5) is 48.8. The third-order valence-corrected chi connectivity index (χ3v) is 15.9. The molecule has 0 radical (unpaired) electrons. The van der Waals surface area contributed by atoms with Gasteiger partial charge in [0.1, 0.15) is 17.3 Å². The van der Waals surface area contributed by atoms with Crippen LogP contribution in [0.5, 0.6) is 0 Å². The fourth-order valence-corrected chi connectivity index (χ4v) is 11.0. The van der Waals surface area contributed by atoms with Gasteiger partial charge in [-0.05, 0) is 220 Å². The number of allylic oxidation sites excluding steroid dienone is 8. The molecule has 4 N–H and O–H groups in total. The number of esters is 2. The Morgan fingerprint density at radius 3 is 1.42 bits per heavy atom. The van der Waals surface area contributed by atoms with Crippen molar-refractivity contribution in [3.63, 3.8) is 0 Å². The minimum absolute atomic E-state index is 0.0528. The number of amides is 2. The molecule has 1 aromatic carbocycles. The maximum absolute atomic E-state index is 12.6. The number of rotatable bonds is 6. The van der Waals surface area contributed by atoms with E-state index in [4.69, 9.17) is 30.9 Å². The average molecular weight is 1380 g/mol. The summed E-state index contributed by atoms with van der Waals surface area (Å²) in [5.74, 6) is -1.29. The molecule has 0 spiro atoms. The number of carbonyl (C=O) groups is 4. The first-order chi connectivity index (χ1) is 34.3. The number of hydrogen-bond acceptors (Lipinski definition) is 10. The molecule has 7 aliphatic rings. The Morgan fingerprint density at radius 1 is 0.622 bits per heavy atom. The van der Waals surface area contributed by atoms with Gasteiger partial charge in [0, 0.05) is 36.3 Å². The topological polar surface area (TPSA) is 175 Å². The van der Waals surface area contributed by atoms with Gasteiger partial charge in [-0.3, -0.25) is 24.1 Å². The van der Waals surface area contributed by atoms with E-state index in [2.05, 4.69) is 92.1 Å². The van der Waals surface area contributed by atoms with Crippen molar-refractivity contribution in [2.24, 2.45) is 23.3 Å². The SMILES string of the molecule is CC(C)(C)OC(=O)CC1CCC=C1C(F)(F)F.CC(C)(C)OC(=O)CC1CCC=C1I.CC1=CCCC1OC#N.NC1CCC=C1C(F)(F)F.NC1CCC=C1I.O=C1c2ccccc2C(=O)N1C1CCC=C1I. The zero-order valence-corrected chi connectivity index (χ0v) is 49.4. The molecule has 0 fully saturated rings. The molecule has 20 heteroatoms. The van der Waals surface area contributed by atoms with Gasteiger partial charge in [0.15, 0.2) is 0 Å². The number of fused-ring (bicyclic) bond motifs is 1. The summed E-state index contributed by atoms with van der Waals surface area (Å²) in [6, 6.07) is 6.55. The molecular weight excluding hydrogens is 1310 g/mol. The van der Waals surface area contributed by atoms with Crippen molar-refractivity contribution >= 4 is 91.5 Å². The molecule has 6 aliphatic carbocycles. The fourth-order valence-electron chi connectivity index (χ4n) is 8.59. The minimum Gasteiger partial charge on any atom is -0.460 e. The zero-order chi connectivity index (χ0) is 55.8. The van der Waals surface area contributed by atoms with Crippen LogP contribution >= 0.6 is 67.8 Å². The molecule has 8 rings (SSSR count). The molecule has 1 aliphatic heterocycles. The summed E-state index contributed by atoms with van der Waals surface area (Å²) in [6.07, 6.45) is 14.5. The number of imide groups is 1. The molecule has 410 valence electrons. The van der Waals surface area contributed by atoms with E-state index in [1.54, 1.807) is 51.3 Å². The lowest BCUT2D eigenvalue weighted by atomic mass is 9.97. The zero-order valence-electron chi connectivity index (χ0n) is 42.9. The van der Waals surface area contributed by atoms with Crippen molar-refractivity contribution in [1.29, 1.82) is 5.26 Å². The summed E-state index contributed by atoms with van der Waals surface area (Å²) < 4.78 is 92.1. The fraction of sp³-hybridized carbons (Fsp3) is 0.574. The molecule has 6 atom stereocenters. The number of hydrogen-bond donors (Lipinski definition) is 2. The van der Waals surface area contributed by atoms with Crippen LogP contribution in [0.4, 0.5) is 26.3 Å². The molecular formula is C54H69F6I3N4O7. The summed E-state index contributed by atoms with van der Waals surface area (Å²) >= 11 is 6.83. The lowest BCUT2D eigenvalue weighted by molar-refractivity contribution is -0.157. The van der Waals surface area contributed by atoms with Gasteiger partial charge in [0.25, 0.3) is 18.1 Å². The number of ether oxygens (including phenoxy) is 3. The van der Waals surface area contributed by atoms with Crippen molar-refractivity contribution in [3.8, 4) is 6.26 Å². The van der Waals surface area contributed by atoms with Crippen LogP contribution in [0.15, 0.2) is 88.2 Å². The molecule has 1 heterocycles. The predicted molar refractivity (Wildman–Crippen MR) is 299 cm³/mol. The van der Waals surface area contributed by atoms with Crippen LogP contribution in [-0.4, -0.2) is 76.4 Å². The Hall–Kier alpha value is -3.28. The number of carbonyl (C=O) groups excluding carboxylic acids is 4. The second kappa shape index (κ2) is 29.5. The van der Waals surface area contributed by atoms with Crippen molar-refractivity contribution in [2.75, 3.05) is 0 Å². The van der Waals surface area contributed by atoms with E-state index in [0.717, 1.165) is 48.5 Å². The van der Waals surface area contributed by atoms with Gasteiger partial charge < -0.3 is 25.7 Å². The molecule has 0 saturated carbocycles. The molecule has 1 aromatic rings. The molecule has 0 saturated heterocycles. The Labute approximate surface area is 472 Å². The highest BCUT2D eigenvalue weighted by atomic mass is 127. The average Bonchev–Trinajstić information content (AvgIpc) is 4.17. The van der Waals surface area contributed by atoms with Gasteiger partial charge in [-0.1, -0.05) is 48.6 Å². The minimum atomic E-state index is -4.33. The lowest BCUT2D eigenvalue weighted by Gasteiger charge is -2.22. The highest BCUT2D eigenvalue weighted by Crippen LogP contribution is 2.41. The molecule has 74 heavy (non-hydrogen) atoms. The monoisotopic (exact) mass is 1380 g/mol. The van der Waals surface area contributed by atoms with Crippen LogP contribution in [0.3, 0.4) is 0 Å². The van der Waals surface area contributed by atoms with E-state index in [1.807, 2.05) is 27.7 Å². The van der Waals surface area contributed by atoms with Gasteiger partial charge in [0.2, 0.25) is 0 Å². The Morgan fingerprint density at radius 2 is 1.05 bits per heavy atom. The summed E-state index contributed by atoms with van der Waals surface area (Å²) in [5.41, 5.74) is 10.9. The van der Waals surface area contributed by atoms with E-state index >= 15 is 0 Å². The standard InChI is InChI=1S/C13H10INO2.C12H17F3O2.C11H17IO2.C7H9NO.C6H8F3N.C5H8IN/c14-10-6-3-7-11(10)15-12(16)8-4-1-2-5-9(8)13(15)17;1-11(2,3)17-10(16)7-8-5-4-6-9(8)12(13,14)15;1-11(2,3)14-10(13)7-8-5-4-6-9(8)12;1-6-3-2-4-7(6)9-5-8;7-6(8,9)4-2-1-3-5(4)10;6-4-2-1-3-5(4)7/h1-2,4-6,11H,3,7H2;6,8H,4-5,7H2,1-3H3;6,8H,4-5,7H2,1-3H3;3,7H,2,4H2,1H3;2,5H,1,3,10H2;2,5H,1,3,7H2. The van der Waals surface area contributed by atoms with Crippen LogP contribution in [0.2, 0.25) is 0 Å². The van der Waals surface area contributed by atoms with Gasteiger partial charge in [-0.15, -0.1) is 0 Å². The van der Waals surface area contributed by atoms with Gasteiger partial charge >= 0.3 is 24.3 Å². The first-order valence-electron chi connectivity index (χ1n) is 24.6. The number of halogens is 9.